The van der Waals surface area contributed by atoms with E-state index in [0.29, 0.717) is 0 Å². The summed E-state index contributed by atoms with van der Waals surface area (Å²) in [4.78, 5) is 9.20. The molecule has 4 rings (SSSR count). The maximum atomic E-state index is 5.79. The molecular weight excluding hydrogens is 390 g/mol. The van der Waals surface area contributed by atoms with Gasteiger partial charge in [0.15, 0.2) is 5.11 Å². The van der Waals surface area contributed by atoms with Crippen LogP contribution in [0.1, 0.15) is 35.5 Å². The van der Waals surface area contributed by atoms with Crippen molar-refractivity contribution in [1.29, 1.82) is 0 Å². The van der Waals surface area contributed by atoms with Gasteiger partial charge in [-0.1, -0.05) is 18.2 Å². The lowest BCUT2D eigenvalue weighted by molar-refractivity contribution is 0.286. The first-order valence-corrected chi connectivity index (χ1v) is 10.8. The number of hydrogen-bond acceptors (Lipinski definition) is 3. The molecule has 6 heteroatoms. The number of benzene rings is 1. The molecule has 1 aliphatic heterocycles. The van der Waals surface area contributed by atoms with Crippen molar-refractivity contribution in [3.63, 3.8) is 0 Å². The van der Waals surface area contributed by atoms with Gasteiger partial charge in [0.2, 0.25) is 0 Å². The van der Waals surface area contributed by atoms with Gasteiger partial charge in [-0.3, -0.25) is 4.98 Å². The van der Waals surface area contributed by atoms with Crippen LogP contribution in [0.15, 0.2) is 67.0 Å². The molecule has 1 N–H and O–H groups in total. The molecule has 1 fully saturated rings. The molecule has 0 spiro atoms. The highest BCUT2D eigenvalue weighted by atomic mass is 32.1. The topological polar surface area (TPSA) is 36.3 Å². The Morgan fingerprint density at radius 2 is 1.97 bits per heavy atom. The standard InChI is InChI=1S/C24H29N5S/c1-18-9-6-10-19(17-18)28-15-7-12-21(28)23-22(20-11-4-5-13-25-20)26-24(30)29(23)16-8-14-27(2)3/h4-7,9-13,15,17,22-23H,8,14,16H2,1-3H3,(H,26,30)/t22-,23-/m1/s1. The number of hydrogen-bond donors (Lipinski definition) is 1. The van der Waals surface area contributed by atoms with E-state index < -0.39 is 0 Å². The molecule has 0 radical (unpaired) electrons. The van der Waals surface area contributed by atoms with Gasteiger partial charge in [0.1, 0.15) is 0 Å². The number of pyridine rings is 1. The quantitative estimate of drug-likeness (QED) is 0.584. The van der Waals surface area contributed by atoms with E-state index in [9.17, 15) is 0 Å². The molecule has 0 bridgehead atoms. The number of aryl methyl sites for hydroxylation is 1. The largest absolute Gasteiger partial charge is 0.352 e. The van der Waals surface area contributed by atoms with Crippen LogP contribution < -0.4 is 5.32 Å². The summed E-state index contributed by atoms with van der Waals surface area (Å²) in [6.07, 6.45) is 5.04. The Bertz CT molecular complexity index is 998. The lowest BCUT2D eigenvalue weighted by Gasteiger charge is -2.29. The van der Waals surface area contributed by atoms with E-state index in [1.807, 2.05) is 18.3 Å². The Balaban J connectivity index is 1.74. The molecule has 2 atom stereocenters. The summed E-state index contributed by atoms with van der Waals surface area (Å²) in [7, 11) is 4.22. The lowest BCUT2D eigenvalue weighted by atomic mass is 10.0. The van der Waals surface area contributed by atoms with Crippen LogP contribution in [-0.4, -0.2) is 51.6 Å². The Kier molecular flexibility index (Phi) is 6.16. The third-order valence-corrected chi connectivity index (χ3v) is 5.92. The molecule has 0 saturated carbocycles. The zero-order chi connectivity index (χ0) is 21.1. The number of nitrogens with zero attached hydrogens (tertiary/aromatic N) is 4. The van der Waals surface area contributed by atoms with Crippen LogP contribution in [0, 0.1) is 6.92 Å². The first kappa shape index (κ1) is 20.6. The molecule has 3 heterocycles. The van der Waals surface area contributed by atoms with Crippen LogP contribution in [0.3, 0.4) is 0 Å². The Morgan fingerprint density at radius 3 is 2.70 bits per heavy atom. The van der Waals surface area contributed by atoms with E-state index >= 15 is 0 Å². The van der Waals surface area contributed by atoms with Gasteiger partial charge in [-0.15, -0.1) is 0 Å². The summed E-state index contributed by atoms with van der Waals surface area (Å²) >= 11 is 5.79. The molecule has 0 aliphatic carbocycles. The molecule has 156 valence electrons. The molecule has 1 aromatic carbocycles. The predicted molar refractivity (Wildman–Crippen MR) is 126 cm³/mol. The normalized spacial score (nSPS) is 18.8. The van der Waals surface area contributed by atoms with Crippen molar-refractivity contribution in [1.82, 2.24) is 24.7 Å². The van der Waals surface area contributed by atoms with Gasteiger partial charge >= 0.3 is 0 Å². The zero-order valence-corrected chi connectivity index (χ0v) is 18.6. The van der Waals surface area contributed by atoms with Crippen LogP contribution in [0.5, 0.6) is 0 Å². The van der Waals surface area contributed by atoms with Gasteiger partial charge < -0.3 is 19.7 Å². The highest BCUT2D eigenvalue weighted by Gasteiger charge is 2.40. The highest BCUT2D eigenvalue weighted by molar-refractivity contribution is 7.80. The Labute approximate surface area is 184 Å². The third-order valence-electron chi connectivity index (χ3n) is 5.57. The molecule has 1 saturated heterocycles. The predicted octanol–water partition coefficient (Wildman–Crippen LogP) is 4.10. The van der Waals surface area contributed by atoms with Gasteiger partial charge in [-0.05, 0) is 88.2 Å². The molecule has 0 amide bonds. The smallest absolute Gasteiger partial charge is 0.170 e. The van der Waals surface area contributed by atoms with E-state index in [1.54, 1.807) is 0 Å². The molecule has 1 aliphatic rings. The second-order valence-electron chi connectivity index (χ2n) is 8.12. The van der Waals surface area contributed by atoms with Crippen molar-refractivity contribution in [2.24, 2.45) is 0 Å². The number of rotatable bonds is 7. The minimum atomic E-state index is 0.0107. The fourth-order valence-corrected chi connectivity index (χ4v) is 4.51. The van der Waals surface area contributed by atoms with Crippen molar-refractivity contribution < 1.29 is 0 Å². The second kappa shape index (κ2) is 8.98. The van der Waals surface area contributed by atoms with E-state index in [4.69, 9.17) is 12.2 Å². The van der Waals surface area contributed by atoms with Gasteiger partial charge in [0.25, 0.3) is 0 Å². The van der Waals surface area contributed by atoms with E-state index in [2.05, 4.69) is 94.3 Å². The first-order chi connectivity index (χ1) is 14.5. The van der Waals surface area contributed by atoms with Crippen LogP contribution in [0.4, 0.5) is 0 Å². The summed E-state index contributed by atoms with van der Waals surface area (Å²) in [5, 5.41) is 4.35. The van der Waals surface area contributed by atoms with E-state index in [-0.39, 0.29) is 12.1 Å². The Morgan fingerprint density at radius 1 is 1.10 bits per heavy atom. The average molecular weight is 420 g/mol. The van der Waals surface area contributed by atoms with Gasteiger partial charge in [0, 0.05) is 30.3 Å². The van der Waals surface area contributed by atoms with Gasteiger partial charge in [-0.25, -0.2) is 0 Å². The first-order valence-electron chi connectivity index (χ1n) is 10.4. The van der Waals surface area contributed by atoms with Crippen molar-refractivity contribution in [2.75, 3.05) is 27.2 Å². The molecule has 3 aromatic rings. The van der Waals surface area contributed by atoms with Crippen LogP contribution >= 0.6 is 12.2 Å². The van der Waals surface area contributed by atoms with Gasteiger partial charge in [-0.2, -0.15) is 0 Å². The van der Waals surface area contributed by atoms with E-state index in [1.165, 1.54) is 16.9 Å². The zero-order valence-electron chi connectivity index (χ0n) is 17.8. The molecule has 30 heavy (non-hydrogen) atoms. The van der Waals surface area contributed by atoms with Crippen molar-refractivity contribution in [3.8, 4) is 5.69 Å². The summed E-state index contributed by atoms with van der Waals surface area (Å²) in [5.41, 5.74) is 4.64. The molecular formula is C24H29N5S. The molecule has 2 aromatic heterocycles. The maximum Gasteiger partial charge on any atom is 0.170 e. The van der Waals surface area contributed by atoms with Crippen molar-refractivity contribution in [2.45, 2.75) is 25.4 Å². The van der Waals surface area contributed by atoms with Crippen molar-refractivity contribution in [3.05, 3.63) is 83.9 Å². The minimum Gasteiger partial charge on any atom is -0.352 e. The number of nitrogens with one attached hydrogen (secondary N) is 1. The SMILES string of the molecule is Cc1cccc(-n2cccc2[C@@H]2[C@@H](c3ccccn3)NC(=S)N2CCCN(C)C)c1. The fraction of sp³-hybridized carbons (Fsp3) is 0.333. The monoisotopic (exact) mass is 419 g/mol. The summed E-state index contributed by atoms with van der Waals surface area (Å²) in [6, 6.07) is 19.1. The van der Waals surface area contributed by atoms with Crippen LogP contribution in [-0.2, 0) is 0 Å². The number of aromatic nitrogens is 2. The van der Waals surface area contributed by atoms with Crippen LogP contribution in [0.2, 0.25) is 0 Å². The average Bonchev–Trinajstić information content (AvgIpc) is 3.33. The van der Waals surface area contributed by atoms with Crippen molar-refractivity contribution >= 4 is 17.3 Å². The van der Waals surface area contributed by atoms with Gasteiger partial charge in [0.05, 0.1) is 17.8 Å². The van der Waals surface area contributed by atoms with E-state index in [0.717, 1.165) is 30.3 Å². The maximum absolute atomic E-state index is 5.79. The fourth-order valence-electron chi connectivity index (χ4n) is 4.17. The molecule has 0 unspecified atom stereocenters. The summed E-state index contributed by atoms with van der Waals surface area (Å²) in [5.74, 6) is 0. The third kappa shape index (κ3) is 4.25. The molecule has 5 nitrogen and oxygen atoms in total. The lowest BCUT2D eigenvalue weighted by Crippen LogP contribution is -2.33. The highest BCUT2D eigenvalue weighted by Crippen LogP contribution is 2.39. The summed E-state index contributed by atoms with van der Waals surface area (Å²) < 4.78 is 2.28. The summed E-state index contributed by atoms with van der Waals surface area (Å²) in [6.45, 7) is 4.05. The van der Waals surface area contributed by atoms with Crippen LogP contribution in [0.25, 0.3) is 5.69 Å². The number of thiocarbonyl (C=S) groups is 1. The second-order valence-corrected chi connectivity index (χ2v) is 8.51. The minimum absolute atomic E-state index is 0.0107. The Hall–Kier alpha value is -2.70.